The van der Waals surface area contributed by atoms with Gasteiger partial charge in [0.15, 0.2) is 11.5 Å². The van der Waals surface area contributed by atoms with Crippen LogP contribution >= 0.6 is 11.3 Å². The normalized spacial score (nSPS) is 11.4. The first-order chi connectivity index (χ1) is 17.8. The highest BCUT2D eigenvalue weighted by atomic mass is 32.1. The molecule has 11 nitrogen and oxygen atoms in total. The van der Waals surface area contributed by atoms with Crippen LogP contribution in [0.2, 0.25) is 0 Å². The number of nitrogens with one attached hydrogen (secondary N) is 1. The number of hydrogen-bond donors (Lipinski definition) is 1. The smallest absolute Gasteiger partial charge is 0.340 e. The first-order valence-corrected chi connectivity index (χ1v) is 11.8. The summed E-state index contributed by atoms with van der Waals surface area (Å²) in [5.41, 5.74) is 1.26. The van der Waals surface area contributed by atoms with Crippen LogP contribution in [0.15, 0.2) is 46.2 Å². The van der Waals surface area contributed by atoms with E-state index in [0.29, 0.717) is 16.6 Å². The Morgan fingerprint density at radius 2 is 1.76 bits per heavy atom. The summed E-state index contributed by atoms with van der Waals surface area (Å²) in [7, 11) is 5.40. The summed E-state index contributed by atoms with van der Waals surface area (Å²) < 4.78 is 22.5. The third-order valence-corrected chi connectivity index (χ3v) is 6.57. The molecule has 12 heteroatoms. The zero-order chi connectivity index (χ0) is 26.7. The Morgan fingerprint density at radius 1 is 1.05 bits per heavy atom. The summed E-state index contributed by atoms with van der Waals surface area (Å²) in [6, 6.07) is 10.4. The minimum atomic E-state index is -0.650. The van der Waals surface area contributed by atoms with Crippen LogP contribution in [0, 0.1) is 0 Å². The molecular weight excluding hydrogens is 500 g/mol. The number of nitrogens with zero attached hydrogens (tertiary/aromatic N) is 3. The third kappa shape index (κ3) is 4.96. The molecule has 0 aliphatic rings. The quantitative estimate of drug-likeness (QED) is 0.274. The van der Waals surface area contributed by atoms with Crippen molar-refractivity contribution in [2.75, 3.05) is 28.4 Å². The Kier molecular flexibility index (Phi) is 7.39. The van der Waals surface area contributed by atoms with E-state index < -0.39 is 17.5 Å². The second-order valence-corrected chi connectivity index (χ2v) is 8.75. The molecule has 1 N–H and O–H groups in total. The van der Waals surface area contributed by atoms with Crippen molar-refractivity contribution in [2.24, 2.45) is 4.99 Å². The molecule has 0 aliphatic heterocycles. The summed E-state index contributed by atoms with van der Waals surface area (Å²) in [4.78, 5) is 47.3. The lowest BCUT2D eigenvalue weighted by Crippen LogP contribution is -2.20. The van der Waals surface area contributed by atoms with Gasteiger partial charge in [0.05, 0.1) is 73.3 Å². The zero-order valence-electron chi connectivity index (χ0n) is 20.8. The Labute approximate surface area is 215 Å². The molecule has 4 rings (SSSR count). The summed E-state index contributed by atoms with van der Waals surface area (Å²) in [6.07, 6.45) is -0.207. The number of aliphatic imine (C=N–C) groups is 1. The Hall–Kier alpha value is -4.45. The first kappa shape index (κ1) is 25.6. The van der Waals surface area contributed by atoms with Gasteiger partial charge in [-0.2, -0.15) is 4.68 Å². The molecule has 0 spiro atoms. The van der Waals surface area contributed by atoms with Crippen LogP contribution in [0.5, 0.6) is 11.5 Å². The van der Waals surface area contributed by atoms with Gasteiger partial charge in [0.1, 0.15) is 0 Å². The fraction of sp³-hybridized carbons (Fsp3) is 0.240. The average Bonchev–Trinajstić information content (AvgIpc) is 3.48. The molecule has 2 heterocycles. The van der Waals surface area contributed by atoms with Crippen LogP contribution in [0.1, 0.15) is 28.5 Å². The number of esters is 2. The Bertz CT molecular complexity index is 1550. The Balaban J connectivity index is 1.90. The van der Waals surface area contributed by atoms with Crippen molar-refractivity contribution in [1.29, 1.82) is 0 Å². The fourth-order valence-corrected chi connectivity index (χ4v) is 4.69. The molecule has 0 aliphatic carbocycles. The molecule has 0 saturated heterocycles. The number of fused-ring (bicyclic) bond motifs is 1. The third-order valence-electron chi connectivity index (χ3n) is 5.55. The predicted octanol–water partition coefficient (Wildman–Crippen LogP) is 3.44. The molecule has 192 valence electrons. The monoisotopic (exact) mass is 524 g/mol. The molecule has 0 amide bonds. The van der Waals surface area contributed by atoms with E-state index in [1.807, 2.05) is 24.3 Å². The maximum absolute atomic E-state index is 13.6. The predicted molar refractivity (Wildman–Crippen MR) is 138 cm³/mol. The van der Waals surface area contributed by atoms with Crippen molar-refractivity contribution in [2.45, 2.75) is 13.3 Å². The van der Waals surface area contributed by atoms with E-state index in [2.05, 4.69) is 15.1 Å². The van der Waals surface area contributed by atoms with E-state index >= 15 is 0 Å². The number of carbonyl (C=O) groups is 2. The van der Waals surface area contributed by atoms with Gasteiger partial charge in [0.2, 0.25) is 5.13 Å². The topological polar surface area (TPSA) is 134 Å². The van der Waals surface area contributed by atoms with Crippen LogP contribution in [0.4, 0.5) is 5.69 Å². The van der Waals surface area contributed by atoms with Gasteiger partial charge in [0.25, 0.3) is 5.56 Å². The fourth-order valence-electron chi connectivity index (χ4n) is 3.76. The van der Waals surface area contributed by atoms with Crippen molar-refractivity contribution in [3.05, 3.63) is 63.6 Å². The number of H-pyrrole nitrogens is 1. The highest BCUT2D eigenvalue weighted by Gasteiger charge is 2.23. The molecule has 0 fully saturated rings. The van der Waals surface area contributed by atoms with Crippen molar-refractivity contribution >= 4 is 44.9 Å². The van der Waals surface area contributed by atoms with E-state index in [9.17, 15) is 14.4 Å². The number of rotatable bonds is 8. The van der Waals surface area contributed by atoms with Gasteiger partial charge in [-0.1, -0.05) is 23.5 Å². The lowest BCUT2D eigenvalue weighted by molar-refractivity contribution is -0.139. The highest BCUT2D eigenvalue weighted by molar-refractivity contribution is 7.20. The van der Waals surface area contributed by atoms with Crippen LogP contribution in [-0.2, 0) is 20.7 Å². The van der Waals surface area contributed by atoms with E-state index in [0.717, 1.165) is 10.2 Å². The van der Waals surface area contributed by atoms with E-state index in [1.165, 1.54) is 56.6 Å². The number of aromatic nitrogens is 3. The number of aromatic amines is 1. The van der Waals surface area contributed by atoms with E-state index in [-0.39, 0.29) is 34.6 Å². The molecule has 0 atom stereocenters. The molecular formula is C25H24N4O7S. The Morgan fingerprint density at radius 3 is 2.41 bits per heavy atom. The van der Waals surface area contributed by atoms with E-state index in [1.54, 1.807) is 6.92 Å². The number of methoxy groups -OCH3 is 4. The first-order valence-electron chi connectivity index (χ1n) is 11.0. The minimum absolute atomic E-state index is 0.107. The largest absolute Gasteiger partial charge is 0.493 e. The van der Waals surface area contributed by atoms with Gasteiger partial charge in [-0.25, -0.2) is 9.78 Å². The minimum Gasteiger partial charge on any atom is -0.493 e. The summed E-state index contributed by atoms with van der Waals surface area (Å²) in [5.74, 6) is -0.556. The zero-order valence-corrected chi connectivity index (χ0v) is 21.6. The van der Waals surface area contributed by atoms with Crippen LogP contribution in [0.3, 0.4) is 0 Å². The standard InChI is InChI=1S/C25H24N4O7S/c1-13(26-16-11-19(34-3)18(33-2)10-14(16)24(32)36-5)22-17(12-21(30)35-4)28-29(23(22)31)25-27-15-8-6-7-9-20(15)37-25/h6-11,28H,12H2,1-5H3. The molecule has 0 radical (unpaired) electrons. The number of benzene rings is 2. The molecule has 4 aromatic rings. The second-order valence-electron chi connectivity index (χ2n) is 7.74. The molecule has 0 bridgehead atoms. The van der Waals surface area contributed by atoms with Gasteiger partial charge in [-0.3, -0.25) is 19.7 Å². The number of thiazole rings is 1. The van der Waals surface area contributed by atoms with Crippen LogP contribution in [-0.4, -0.2) is 60.9 Å². The second kappa shape index (κ2) is 10.7. The highest BCUT2D eigenvalue weighted by Crippen LogP contribution is 2.35. The van der Waals surface area contributed by atoms with Gasteiger partial charge in [0, 0.05) is 12.1 Å². The number of para-hydroxylation sites is 1. The van der Waals surface area contributed by atoms with E-state index in [4.69, 9.17) is 18.9 Å². The summed E-state index contributed by atoms with van der Waals surface area (Å²) in [5, 5.41) is 3.38. The van der Waals surface area contributed by atoms with Gasteiger partial charge in [-0.05, 0) is 19.1 Å². The SMILES string of the molecule is COC(=O)Cc1[nH]n(-c2nc3ccccc3s2)c(=O)c1C(C)=Nc1cc(OC)c(OC)cc1C(=O)OC. The van der Waals surface area contributed by atoms with Gasteiger partial charge >= 0.3 is 11.9 Å². The van der Waals surface area contributed by atoms with Gasteiger partial charge in [-0.15, -0.1) is 0 Å². The number of ether oxygens (including phenoxy) is 4. The molecule has 37 heavy (non-hydrogen) atoms. The van der Waals surface area contributed by atoms with Crippen LogP contribution in [0.25, 0.3) is 15.3 Å². The molecule has 0 unspecified atom stereocenters. The molecule has 2 aromatic carbocycles. The maximum Gasteiger partial charge on any atom is 0.340 e. The number of carbonyl (C=O) groups excluding carboxylic acids is 2. The number of hydrogen-bond acceptors (Lipinski definition) is 10. The summed E-state index contributed by atoms with van der Waals surface area (Å²) in [6.45, 7) is 1.60. The lowest BCUT2D eigenvalue weighted by Gasteiger charge is -2.12. The van der Waals surface area contributed by atoms with Crippen molar-refractivity contribution in [3.8, 4) is 16.6 Å². The molecule has 2 aromatic heterocycles. The summed E-state index contributed by atoms with van der Waals surface area (Å²) >= 11 is 1.32. The maximum atomic E-state index is 13.6. The van der Waals surface area contributed by atoms with Crippen molar-refractivity contribution in [3.63, 3.8) is 0 Å². The molecule has 0 saturated carbocycles. The van der Waals surface area contributed by atoms with Crippen molar-refractivity contribution in [1.82, 2.24) is 14.8 Å². The van der Waals surface area contributed by atoms with Gasteiger partial charge < -0.3 is 18.9 Å². The lowest BCUT2D eigenvalue weighted by atomic mass is 10.1. The average molecular weight is 525 g/mol. The van der Waals surface area contributed by atoms with Crippen molar-refractivity contribution < 1.29 is 28.5 Å². The van der Waals surface area contributed by atoms with Crippen LogP contribution < -0.4 is 15.0 Å².